The Morgan fingerprint density at radius 2 is 1.96 bits per heavy atom. The lowest BCUT2D eigenvalue weighted by Gasteiger charge is -2.16. The van der Waals surface area contributed by atoms with Crippen LogP contribution in [0.2, 0.25) is 0 Å². The summed E-state index contributed by atoms with van der Waals surface area (Å²) < 4.78 is 1.88. The highest BCUT2D eigenvalue weighted by atomic mass is 32.1. The lowest BCUT2D eigenvalue weighted by atomic mass is 10.3. The quantitative estimate of drug-likeness (QED) is 0.555. The molecular formula is C17H13N3OS2. The molecule has 0 aliphatic heterocycles. The van der Waals surface area contributed by atoms with E-state index in [1.165, 1.54) is 11.3 Å². The van der Waals surface area contributed by atoms with Crippen LogP contribution in [0.15, 0.2) is 59.4 Å². The zero-order chi connectivity index (χ0) is 15.8. The van der Waals surface area contributed by atoms with Crippen molar-refractivity contribution >= 4 is 39.2 Å². The maximum atomic E-state index is 12.8. The van der Waals surface area contributed by atoms with Gasteiger partial charge in [-0.2, -0.15) is 0 Å². The minimum absolute atomic E-state index is 0.0439. The summed E-state index contributed by atoms with van der Waals surface area (Å²) in [5.74, 6) is -0.0439. The predicted octanol–water partition coefficient (Wildman–Crippen LogP) is 4.40. The predicted molar refractivity (Wildman–Crippen MR) is 95.6 cm³/mol. The first kappa shape index (κ1) is 14.2. The van der Waals surface area contributed by atoms with E-state index in [1.807, 2.05) is 63.8 Å². The summed E-state index contributed by atoms with van der Waals surface area (Å²) in [5.41, 5.74) is 2.41. The summed E-state index contributed by atoms with van der Waals surface area (Å²) in [6, 6.07) is 13.7. The molecule has 4 rings (SSSR count). The number of hydrogen-bond donors (Lipinski definition) is 0. The number of carbonyl (C=O) groups is 1. The maximum absolute atomic E-state index is 12.8. The molecule has 1 amide bonds. The van der Waals surface area contributed by atoms with Crippen LogP contribution >= 0.6 is 22.7 Å². The standard InChI is InChI=1S/C17H13N3OS2/c1-19(12-6-3-2-4-7-12)16(21)14-11-23-17-18-13(10-20(14)17)15-8-5-9-22-15/h2-11H,1H3. The summed E-state index contributed by atoms with van der Waals surface area (Å²) in [5, 5.41) is 3.89. The second-order valence-electron chi connectivity index (χ2n) is 5.08. The third-order valence-electron chi connectivity index (χ3n) is 3.65. The number of thiophene rings is 1. The third-order valence-corrected chi connectivity index (χ3v) is 5.38. The van der Waals surface area contributed by atoms with Crippen LogP contribution in [0.25, 0.3) is 15.5 Å². The van der Waals surface area contributed by atoms with Crippen molar-refractivity contribution in [3.8, 4) is 10.6 Å². The van der Waals surface area contributed by atoms with E-state index in [1.54, 1.807) is 23.3 Å². The number of fused-ring (bicyclic) bond motifs is 1. The molecule has 0 unspecified atom stereocenters. The van der Waals surface area contributed by atoms with Crippen molar-refractivity contribution in [1.29, 1.82) is 0 Å². The highest BCUT2D eigenvalue weighted by molar-refractivity contribution is 7.15. The van der Waals surface area contributed by atoms with E-state index in [9.17, 15) is 4.79 Å². The van der Waals surface area contributed by atoms with E-state index < -0.39 is 0 Å². The number of amides is 1. The molecule has 3 aromatic heterocycles. The van der Waals surface area contributed by atoms with Crippen LogP contribution in [-0.4, -0.2) is 22.3 Å². The molecule has 0 bridgehead atoms. The van der Waals surface area contributed by atoms with Crippen molar-refractivity contribution in [1.82, 2.24) is 9.38 Å². The Morgan fingerprint density at radius 1 is 1.13 bits per heavy atom. The van der Waals surface area contributed by atoms with Crippen molar-refractivity contribution in [2.45, 2.75) is 0 Å². The molecule has 0 spiro atoms. The van der Waals surface area contributed by atoms with E-state index >= 15 is 0 Å². The van der Waals surface area contributed by atoms with Crippen molar-refractivity contribution in [3.63, 3.8) is 0 Å². The third kappa shape index (κ3) is 2.46. The lowest BCUT2D eigenvalue weighted by Crippen LogP contribution is -2.27. The van der Waals surface area contributed by atoms with Gasteiger partial charge in [0.05, 0.1) is 4.88 Å². The molecule has 0 radical (unpaired) electrons. The molecule has 0 aliphatic rings. The number of anilines is 1. The van der Waals surface area contributed by atoms with Gasteiger partial charge < -0.3 is 4.90 Å². The topological polar surface area (TPSA) is 37.6 Å². The van der Waals surface area contributed by atoms with Crippen LogP contribution in [0.3, 0.4) is 0 Å². The molecule has 1 aromatic carbocycles. The van der Waals surface area contributed by atoms with Gasteiger partial charge in [0.15, 0.2) is 4.96 Å². The SMILES string of the molecule is CN(C(=O)c1csc2nc(-c3cccs3)cn12)c1ccccc1. The highest BCUT2D eigenvalue weighted by Gasteiger charge is 2.19. The number of para-hydroxylation sites is 1. The number of hydrogen-bond acceptors (Lipinski definition) is 4. The number of carbonyl (C=O) groups excluding carboxylic acids is 1. The summed E-state index contributed by atoms with van der Waals surface area (Å²) in [6.45, 7) is 0. The Bertz CT molecular complexity index is 954. The van der Waals surface area contributed by atoms with Gasteiger partial charge in [-0.3, -0.25) is 9.20 Å². The monoisotopic (exact) mass is 339 g/mol. The molecular weight excluding hydrogens is 326 g/mol. The van der Waals surface area contributed by atoms with E-state index in [0.29, 0.717) is 5.69 Å². The van der Waals surface area contributed by atoms with Gasteiger partial charge in [0.25, 0.3) is 5.91 Å². The van der Waals surface area contributed by atoms with Gasteiger partial charge in [0.2, 0.25) is 0 Å². The van der Waals surface area contributed by atoms with Crippen LogP contribution in [0.4, 0.5) is 5.69 Å². The van der Waals surface area contributed by atoms with Crippen LogP contribution < -0.4 is 4.90 Å². The molecule has 6 heteroatoms. The Kier molecular flexibility index (Phi) is 3.48. The zero-order valence-corrected chi connectivity index (χ0v) is 14.0. The van der Waals surface area contributed by atoms with Gasteiger partial charge in [-0.1, -0.05) is 24.3 Å². The second-order valence-corrected chi connectivity index (χ2v) is 6.86. The largest absolute Gasteiger partial charge is 0.310 e. The summed E-state index contributed by atoms with van der Waals surface area (Å²) >= 11 is 3.13. The lowest BCUT2D eigenvalue weighted by molar-refractivity contribution is 0.0987. The molecule has 4 aromatic rings. The van der Waals surface area contributed by atoms with Crippen LogP contribution in [0, 0.1) is 0 Å². The van der Waals surface area contributed by atoms with Crippen LogP contribution in [0.5, 0.6) is 0 Å². The smallest absolute Gasteiger partial charge is 0.275 e. The van der Waals surface area contributed by atoms with Crippen molar-refractivity contribution < 1.29 is 4.79 Å². The zero-order valence-electron chi connectivity index (χ0n) is 12.3. The average Bonchev–Trinajstić information content (AvgIpc) is 3.29. The van der Waals surface area contributed by atoms with Gasteiger partial charge in [0, 0.05) is 24.3 Å². The fourth-order valence-electron chi connectivity index (χ4n) is 2.42. The molecule has 0 atom stereocenters. The molecule has 3 heterocycles. The Balaban J connectivity index is 1.72. The van der Waals surface area contributed by atoms with Crippen molar-refractivity contribution in [2.75, 3.05) is 11.9 Å². The summed E-state index contributed by atoms with van der Waals surface area (Å²) in [7, 11) is 1.79. The molecule has 0 aliphatic carbocycles. The normalized spacial score (nSPS) is 11.0. The van der Waals surface area contributed by atoms with E-state index in [4.69, 9.17) is 0 Å². The minimum atomic E-state index is -0.0439. The van der Waals surface area contributed by atoms with Gasteiger partial charge in [0.1, 0.15) is 11.4 Å². The first-order chi connectivity index (χ1) is 11.2. The Hall–Kier alpha value is -2.44. The number of aromatic nitrogens is 2. The number of thiazole rings is 1. The number of benzene rings is 1. The van der Waals surface area contributed by atoms with Crippen LogP contribution in [0.1, 0.15) is 10.5 Å². The van der Waals surface area contributed by atoms with Crippen molar-refractivity contribution in [3.05, 3.63) is 65.1 Å². The van der Waals surface area contributed by atoms with E-state index in [-0.39, 0.29) is 5.91 Å². The average molecular weight is 339 g/mol. The summed E-state index contributed by atoms with van der Waals surface area (Å²) in [4.78, 5) is 21.0. The fraction of sp³-hybridized carbons (Fsp3) is 0.0588. The highest BCUT2D eigenvalue weighted by Crippen LogP contribution is 2.27. The molecule has 0 fully saturated rings. The molecule has 23 heavy (non-hydrogen) atoms. The number of rotatable bonds is 3. The van der Waals surface area contributed by atoms with Crippen LogP contribution in [-0.2, 0) is 0 Å². The number of imidazole rings is 1. The van der Waals surface area contributed by atoms with Gasteiger partial charge >= 0.3 is 0 Å². The van der Waals surface area contributed by atoms with Gasteiger partial charge in [-0.25, -0.2) is 4.98 Å². The Labute approximate surface area is 141 Å². The van der Waals surface area contributed by atoms with Gasteiger partial charge in [-0.05, 0) is 23.6 Å². The fourth-order valence-corrected chi connectivity index (χ4v) is 3.95. The van der Waals surface area contributed by atoms with Crippen molar-refractivity contribution in [2.24, 2.45) is 0 Å². The molecule has 0 N–H and O–H groups in total. The first-order valence-electron chi connectivity index (χ1n) is 7.07. The van der Waals surface area contributed by atoms with Gasteiger partial charge in [-0.15, -0.1) is 22.7 Å². The molecule has 0 saturated carbocycles. The maximum Gasteiger partial charge on any atom is 0.275 e. The second kappa shape index (κ2) is 5.64. The summed E-state index contributed by atoms with van der Waals surface area (Å²) in [6.07, 6.45) is 1.93. The Morgan fingerprint density at radius 3 is 2.70 bits per heavy atom. The molecule has 0 saturated heterocycles. The molecule has 4 nitrogen and oxygen atoms in total. The molecule has 114 valence electrons. The minimum Gasteiger partial charge on any atom is -0.310 e. The van der Waals surface area contributed by atoms with E-state index in [2.05, 4.69) is 4.98 Å². The van der Waals surface area contributed by atoms with E-state index in [0.717, 1.165) is 21.2 Å². The first-order valence-corrected chi connectivity index (χ1v) is 8.83. The number of nitrogens with zero attached hydrogens (tertiary/aromatic N) is 3.